The van der Waals surface area contributed by atoms with Crippen LogP contribution in [0.1, 0.15) is 50.3 Å². The number of rotatable bonds is 5. The summed E-state index contributed by atoms with van der Waals surface area (Å²) in [6, 6.07) is 4.12. The second kappa shape index (κ2) is 7.63. The minimum absolute atomic E-state index is 0.142. The van der Waals surface area contributed by atoms with Crippen molar-refractivity contribution in [3.63, 3.8) is 0 Å². The summed E-state index contributed by atoms with van der Waals surface area (Å²) in [6.45, 7) is 2.83. The quantitative estimate of drug-likeness (QED) is 0.849. The van der Waals surface area contributed by atoms with Gasteiger partial charge in [-0.3, -0.25) is 9.69 Å². The smallest absolute Gasteiger partial charge is 0.223 e. The second-order valence-corrected chi connectivity index (χ2v) is 6.35. The maximum atomic E-state index is 12.4. The van der Waals surface area contributed by atoms with Gasteiger partial charge in [0.1, 0.15) is 5.76 Å². The molecule has 0 saturated carbocycles. The number of carbonyl (C=O) groups is 1. The molecule has 1 N–H and O–H groups in total. The summed E-state index contributed by atoms with van der Waals surface area (Å²) in [6.07, 6.45) is 12.7. The SMILES string of the molecule is O=C(NC[C@@H](c1ccco1)N1CCCCC1)[C@@H]1CC=CCC1. The van der Waals surface area contributed by atoms with E-state index < -0.39 is 0 Å². The maximum Gasteiger partial charge on any atom is 0.223 e. The lowest BCUT2D eigenvalue weighted by molar-refractivity contribution is -0.125. The Balaban J connectivity index is 1.60. The molecule has 2 aliphatic rings. The van der Waals surface area contributed by atoms with Crippen molar-refractivity contribution in [3.05, 3.63) is 36.3 Å². The van der Waals surface area contributed by atoms with Crippen LogP contribution in [0.4, 0.5) is 0 Å². The Kier molecular flexibility index (Phi) is 5.33. The van der Waals surface area contributed by atoms with E-state index in [0.717, 1.165) is 38.1 Å². The van der Waals surface area contributed by atoms with Gasteiger partial charge in [0.15, 0.2) is 0 Å². The van der Waals surface area contributed by atoms with Crippen LogP contribution in [0.3, 0.4) is 0 Å². The molecule has 1 aromatic rings. The van der Waals surface area contributed by atoms with Gasteiger partial charge in [0.05, 0.1) is 12.3 Å². The lowest BCUT2D eigenvalue weighted by Gasteiger charge is -2.33. The predicted molar refractivity (Wildman–Crippen MR) is 86.4 cm³/mol. The number of nitrogens with one attached hydrogen (secondary N) is 1. The molecule has 2 heterocycles. The zero-order valence-corrected chi connectivity index (χ0v) is 13.2. The molecule has 1 aliphatic heterocycles. The fourth-order valence-electron chi connectivity index (χ4n) is 3.49. The summed E-state index contributed by atoms with van der Waals surface area (Å²) in [7, 11) is 0. The molecule has 22 heavy (non-hydrogen) atoms. The zero-order valence-electron chi connectivity index (χ0n) is 13.2. The molecular formula is C18H26N2O2. The molecule has 0 spiro atoms. The molecule has 1 saturated heterocycles. The van der Waals surface area contributed by atoms with Crippen LogP contribution >= 0.6 is 0 Å². The van der Waals surface area contributed by atoms with Gasteiger partial charge in [-0.1, -0.05) is 18.6 Å². The van der Waals surface area contributed by atoms with Gasteiger partial charge in [-0.15, -0.1) is 0 Å². The standard InChI is InChI=1S/C18H26N2O2/c21-18(15-8-3-1-4-9-15)19-14-16(17-10-7-13-22-17)20-11-5-2-6-12-20/h1,3,7,10,13,15-16H,2,4-6,8-9,11-12,14H2,(H,19,21)/t15-,16+/m1/s1. The molecule has 0 unspecified atom stereocenters. The van der Waals surface area contributed by atoms with Crippen molar-refractivity contribution in [2.45, 2.75) is 44.6 Å². The number of piperidine rings is 1. The van der Waals surface area contributed by atoms with Crippen LogP contribution in [0.25, 0.3) is 0 Å². The van der Waals surface area contributed by atoms with Crippen LogP contribution in [-0.2, 0) is 4.79 Å². The predicted octanol–water partition coefficient (Wildman–Crippen LogP) is 3.28. The van der Waals surface area contributed by atoms with E-state index in [0.29, 0.717) is 6.54 Å². The molecule has 1 amide bonds. The lowest BCUT2D eigenvalue weighted by atomic mass is 9.93. The minimum atomic E-state index is 0.142. The van der Waals surface area contributed by atoms with Gasteiger partial charge in [-0.2, -0.15) is 0 Å². The van der Waals surface area contributed by atoms with Gasteiger partial charge in [0.25, 0.3) is 0 Å². The number of nitrogens with zero attached hydrogens (tertiary/aromatic N) is 1. The van der Waals surface area contributed by atoms with Crippen LogP contribution < -0.4 is 5.32 Å². The van der Waals surface area contributed by atoms with Crippen molar-refractivity contribution in [3.8, 4) is 0 Å². The third-order valence-corrected chi connectivity index (χ3v) is 4.81. The van der Waals surface area contributed by atoms with Crippen LogP contribution in [-0.4, -0.2) is 30.4 Å². The Morgan fingerprint density at radius 2 is 2.18 bits per heavy atom. The topological polar surface area (TPSA) is 45.5 Å². The van der Waals surface area contributed by atoms with Gasteiger partial charge >= 0.3 is 0 Å². The summed E-state index contributed by atoms with van der Waals surface area (Å²) in [5.74, 6) is 1.30. The first-order valence-corrected chi connectivity index (χ1v) is 8.55. The van der Waals surface area contributed by atoms with Crippen LogP contribution in [0.2, 0.25) is 0 Å². The van der Waals surface area contributed by atoms with E-state index in [4.69, 9.17) is 4.42 Å². The number of hydrogen-bond acceptors (Lipinski definition) is 3. The summed E-state index contributed by atoms with van der Waals surface area (Å²) in [5, 5.41) is 3.16. The van der Waals surface area contributed by atoms with Crippen molar-refractivity contribution >= 4 is 5.91 Å². The fourth-order valence-corrected chi connectivity index (χ4v) is 3.49. The van der Waals surface area contributed by atoms with Crippen molar-refractivity contribution in [2.75, 3.05) is 19.6 Å². The normalized spacial score (nSPS) is 24.1. The Hall–Kier alpha value is -1.55. The molecule has 2 atom stereocenters. The van der Waals surface area contributed by atoms with Gasteiger partial charge in [0.2, 0.25) is 5.91 Å². The molecule has 0 bridgehead atoms. The monoisotopic (exact) mass is 302 g/mol. The first-order valence-electron chi connectivity index (χ1n) is 8.55. The highest BCUT2D eigenvalue weighted by Gasteiger charge is 2.26. The molecule has 1 aliphatic carbocycles. The molecule has 4 heteroatoms. The average molecular weight is 302 g/mol. The van der Waals surface area contributed by atoms with E-state index in [9.17, 15) is 4.79 Å². The summed E-state index contributed by atoms with van der Waals surface area (Å²) < 4.78 is 5.62. The van der Waals surface area contributed by atoms with Crippen molar-refractivity contribution in [1.29, 1.82) is 0 Å². The third-order valence-electron chi connectivity index (χ3n) is 4.81. The summed E-state index contributed by atoms with van der Waals surface area (Å²) in [5.41, 5.74) is 0. The molecule has 0 radical (unpaired) electrons. The van der Waals surface area contributed by atoms with E-state index in [1.165, 1.54) is 19.3 Å². The van der Waals surface area contributed by atoms with E-state index in [-0.39, 0.29) is 17.9 Å². The number of likely N-dealkylation sites (tertiary alicyclic amines) is 1. The molecule has 4 nitrogen and oxygen atoms in total. The highest BCUT2D eigenvalue weighted by atomic mass is 16.3. The molecular weight excluding hydrogens is 276 g/mol. The van der Waals surface area contributed by atoms with Crippen molar-refractivity contribution < 1.29 is 9.21 Å². The molecule has 3 rings (SSSR count). The van der Waals surface area contributed by atoms with Gasteiger partial charge in [-0.25, -0.2) is 0 Å². The number of hydrogen-bond donors (Lipinski definition) is 1. The van der Waals surface area contributed by atoms with Crippen molar-refractivity contribution in [2.24, 2.45) is 5.92 Å². The highest BCUT2D eigenvalue weighted by molar-refractivity contribution is 5.79. The Labute approximate surface area is 132 Å². The Morgan fingerprint density at radius 3 is 2.86 bits per heavy atom. The minimum Gasteiger partial charge on any atom is -0.468 e. The van der Waals surface area contributed by atoms with Gasteiger partial charge < -0.3 is 9.73 Å². The van der Waals surface area contributed by atoms with Crippen LogP contribution in [0.15, 0.2) is 35.0 Å². The van der Waals surface area contributed by atoms with E-state index in [1.54, 1.807) is 6.26 Å². The summed E-state index contributed by atoms with van der Waals surface area (Å²) >= 11 is 0. The molecule has 1 aromatic heterocycles. The van der Waals surface area contributed by atoms with Crippen molar-refractivity contribution in [1.82, 2.24) is 10.2 Å². The highest BCUT2D eigenvalue weighted by Crippen LogP contribution is 2.25. The third kappa shape index (κ3) is 3.80. The molecule has 0 aromatic carbocycles. The fraction of sp³-hybridized carbons (Fsp3) is 0.611. The van der Waals surface area contributed by atoms with Gasteiger partial charge in [0, 0.05) is 12.5 Å². The second-order valence-electron chi connectivity index (χ2n) is 6.35. The van der Waals surface area contributed by atoms with Crippen LogP contribution in [0, 0.1) is 5.92 Å². The van der Waals surface area contributed by atoms with E-state index in [2.05, 4.69) is 22.4 Å². The lowest BCUT2D eigenvalue weighted by Crippen LogP contribution is -2.42. The largest absolute Gasteiger partial charge is 0.468 e. The average Bonchev–Trinajstić information content (AvgIpc) is 3.11. The summed E-state index contributed by atoms with van der Waals surface area (Å²) in [4.78, 5) is 14.8. The maximum absolute atomic E-state index is 12.4. The van der Waals surface area contributed by atoms with Crippen LogP contribution in [0.5, 0.6) is 0 Å². The van der Waals surface area contributed by atoms with E-state index in [1.807, 2.05) is 12.1 Å². The van der Waals surface area contributed by atoms with E-state index >= 15 is 0 Å². The number of amides is 1. The molecule has 1 fully saturated rings. The number of allylic oxidation sites excluding steroid dienone is 2. The Morgan fingerprint density at radius 1 is 1.32 bits per heavy atom. The first-order chi connectivity index (χ1) is 10.8. The van der Waals surface area contributed by atoms with Gasteiger partial charge in [-0.05, 0) is 57.3 Å². The molecule has 120 valence electrons. The number of carbonyl (C=O) groups excluding carboxylic acids is 1. The number of furan rings is 1. The Bertz CT molecular complexity index is 489. The first kappa shape index (κ1) is 15.3. The zero-order chi connectivity index (χ0) is 15.2.